The maximum Gasteiger partial charge on any atom is 0.277 e. The van der Waals surface area contributed by atoms with Crippen LogP contribution in [0.2, 0.25) is 5.02 Å². The zero-order chi connectivity index (χ0) is 17.8. The highest BCUT2D eigenvalue weighted by Gasteiger charge is 2.06. The second-order valence-electron chi connectivity index (χ2n) is 5.74. The van der Waals surface area contributed by atoms with E-state index in [1.165, 1.54) is 0 Å². The first-order valence-electron chi connectivity index (χ1n) is 7.82. The number of aromatic nitrogens is 1. The monoisotopic (exact) mass is 355 g/mol. The van der Waals surface area contributed by atoms with Crippen LogP contribution in [0.15, 0.2) is 47.7 Å². The molecule has 0 radical (unpaired) electrons. The maximum atomic E-state index is 11.9. The fourth-order valence-electron chi connectivity index (χ4n) is 2.55. The summed E-state index contributed by atoms with van der Waals surface area (Å²) in [5.41, 5.74) is 6.21. The van der Waals surface area contributed by atoms with Crippen LogP contribution in [0.3, 0.4) is 0 Å². The van der Waals surface area contributed by atoms with Gasteiger partial charge in [-0.05, 0) is 43.2 Å². The molecular weight excluding hydrogens is 338 g/mol. The molecule has 0 spiro atoms. The number of nitrogens with zero attached hydrogens (tertiary/aromatic N) is 1. The molecule has 0 aliphatic rings. The van der Waals surface area contributed by atoms with E-state index in [0.717, 1.165) is 27.6 Å². The molecule has 1 amide bonds. The number of aromatic amines is 1. The maximum absolute atomic E-state index is 11.9. The Hall–Kier alpha value is -2.79. The van der Waals surface area contributed by atoms with Gasteiger partial charge in [0.1, 0.15) is 5.75 Å². The largest absolute Gasteiger partial charge is 0.484 e. The number of halogens is 1. The van der Waals surface area contributed by atoms with E-state index in [1.54, 1.807) is 18.3 Å². The number of benzene rings is 2. The van der Waals surface area contributed by atoms with Gasteiger partial charge in [-0.25, -0.2) is 5.43 Å². The molecule has 0 aliphatic heterocycles. The SMILES string of the molecule is Cc1cc(OCC(=O)N/N=C/c2c[nH]c3ccccc23)cc(C)c1Cl. The fraction of sp³-hybridized carbons (Fsp3) is 0.158. The first kappa shape index (κ1) is 17.0. The lowest BCUT2D eigenvalue weighted by Gasteiger charge is -2.09. The smallest absolute Gasteiger partial charge is 0.277 e. The van der Waals surface area contributed by atoms with E-state index >= 15 is 0 Å². The van der Waals surface area contributed by atoms with Crippen molar-refractivity contribution in [3.8, 4) is 5.75 Å². The van der Waals surface area contributed by atoms with Gasteiger partial charge in [0.15, 0.2) is 6.61 Å². The van der Waals surface area contributed by atoms with Crippen LogP contribution in [0, 0.1) is 13.8 Å². The Labute approximate surface area is 150 Å². The molecule has 2 N–H and O–H groups in total. The van der Waals surface area contributed by atoms with E-state index in [0.29, 0.717) is 10.8 Å². The molecule has 1 heterocycles. The number of amides is 1. The number of nitrogens with one attached hydrogen (secondary N) is 2. The van der Waals surface area contributed by atoms with E-state index < -0.39 is 0 Å². The topological polar surface area (TPSA) is 66.5 Å². The van der Waals surface area contributed by atoms with Gasteiger partial charge in [-0.2, -0.15) is 5.10 Å². The quantitative estimate of drug-likeness (QED) is 0.537. The molecule has 25 heavy (non-hydrogen) atoms. The van der Waals surface area contributed by atoms with Crippen LogP contribution >= 0.6 is 11.6 Å². The molecule has 0 saturated carbocycles. The number of carbonyl (C=O) groups is 1. The van der Waals surface area contributed by atoms with Crippen molar-refractivity contribution in [1.29, 1.82) is 0 Å². The number of hydrogen-bond donors (Lipinski definition) is 2. The summed E-state index contributed by atoms with van der Waals surface area (Å²) in [6, 6.07) is 11.5. The lowest BCUT2D eigenvalue weighted by molar-refractivity contribution is -0.123. The highest BCUT2D eigenvalue weighted by Crippen LogP contribution is 2.25. The number of ether oxygens (including phenoxy) is 1. The summed E-state index contributed by atoms with van der Waals surface area (Å²) in [4.78, 5) is 15.0. The Kier molecular flexibility index (Phi) is 5.05. The number of aryl methyl sites for hydroxylation is 2. The molecule has 0 aliphatic carbocycles. The van der Waals surface area contributed by atoms with Crippen molar-refractivity contribution >= 4 is 34.6 Å². The van der Waals surface area contributed by atoms with Crippen molar-refractivity contribution in [3.05, 3.63) is 64.3 Å². The molecule has 0 saturated heterocycles. The molecule has 0 fully saturated rings. The highest BCUT2D eigenvalue weighted by atomic mass is 35.5. The predicted molar refractivity (Wildman–Crippen MR) is 100 cm³/mol. The van der Waals surface area contributed by atoms with Crippen LogP contribution in [0.25, 0.3) is 10.9 Å². The minimum absolute atomic E-state index is 0.119. The van der Waals surface area contributed by atoms with Gasteiger partial charge in [-0.1, -0.05) is 29.8 Å². The van der Waals surface area contributed by atoms with Crippen LogP contribution in [0.5, 0.6) is 5.75 Å². The molecule has 1 aromatic heterocycles. The van der Waals surface area contributed by atoms with Crippen LogP contribution in [-0.4, -0.2) is 23.7 Å². The van der Waals surface area contributed by atoms with E-state index in [1.807, 2.05) is 44.3 Å². The van der Waals surface area contributed by atoms with Crippen molar-refractivity contribution in [2.75, 3.05) is 6.61 Å². The average molecular weight is 356 g/mol. The van der Waals surface area contributed by atoms with Crippen LogP contribution < -0.4 is 10.2 Å². The zero-order valence-electron chi connectivity index (χ0n) is 14.0. The second kappa shape index (κ2) is 7.40. The summed E-state index contributed by atoms with van der Waals surface area (Å²) in [6.07, 6.45) is 3.45. The first-order chi connectivity index (χ1) is 12.0. The van der Waals surface area contributed by atoms with E-state index in [-0.39, 0.29) is 12.5 Å². The van der Waals surface area contributed by atoms with E-state index in [2.05, 4.69) is 15.5 Å². The molecule has 0 bridgehead atoms. The summed E-state index contributed by atoms with van der Waals surface area (Å²) in [5, 5.41) is 5.73. The third-order valence-corrected chi connectivity index (χ3v) is 4.39. The third kappa shape index (κ3) is 4.00. The van der Waals surface area contributed by atoms with E-state index in [9.17, 15) is 4.79 Å². The average Bonchev–Trinajstić information content (AvgIpc) is 3.01. The van der Waals surface area contributed by atoms with E-state index in [4.69, 9.17) is 16.3 Å². The summed E-state index contributed by atoms with van der Waals surface area (Å²) in [6.45, 7) is 3.67. The van der Waals surface area contributed by atoms with Gasteiger partial charge >= 0.3 is 0 Å². The lowest BCUT2D eigenvalue weighted by Crippen LogP contribution is -2.24. The Morgan fingerprint density at radius 2 is 2.00 bits per heavy atom. The molecule has 2 aromatic carbocycles. The number of carbonyl (C=O) groups excluding carboxylic acids is 1. The van der Waals surface area contributed by atoms with Crippen molar-refractivity contribution < 1.29 is 9.53 Å². The molecule has 3 rings (SSSR count). The zero-order valence-corrected chi connectivity index (χ0v) is 14.7. The van der Waals surface area contributed by atoms with Crippen LogP contribution in [0.1, 0.15) is 16.7 Å². The highest BCUT2D eigenvalue weighted by molar-refractivity contribution is 6.32. The molecule has 128 valence electrons. The van der Waals surface area contributed by atoms with Crippen LogP contribution in [0.4, 0.5) is 0 Å². The summed E-state index contributed by atoms with van der Waals surface area (Å²) in [5.74, 6) is 0.275. The molecule has 5 nitrogen and oxygen atoms in total. The molecule has 3 aromatic rings. The fourth-order valence-corrected chi connectivity index (χ4v) is 2.65. The van der Waals surface area contributed by atoms with Gasteiger partial charge in [0, 0.05) is 27.7 Å². The molecular formula is C19H18ClN3O2. The number of fused-ring (bicyclic) bond motifs is 1. The summed E-state index contributed by atoms with van der Waals surface area (Å²) < 4.78 is 5.49. The third-order valence-electron chi connectivity index (χ3n) is 3.79. The Morgan fingerprint density at radius 3 is 2.76 bits per heavy atom. The Morgan fingerprint density at radius 1 is 1.28 bits per heavy atom. The molecule has 0 unspecified atom stereocenters. The van der Waals surface area contributed by atoms with Crippen molar-refractivity contribution in [1.82, 2.24) is 10.4 Å². The minimum Gasteiger partial charge on any atom is -0.484 e. The normalized spacial score (nSPS) is 11.2. The first-order valence-corrected chi connectivity index (χ1v) is 8.20. The molecule has 6 heteroatoms. The summed E-state index contributed by atoms with van der Waals surface area (Å²) >= 11 is 6.11. The lowest BCUT2D eigenvalue weighted by atomic mass is 10.1. The Bertz CT molecular complexity index is 924. The van der Waals surface area contributed by atoms with Crippen molar-refractivity contribution in [2.45, 2.75) is 13.8 Å². The Balaban J connectivity index is 1.56. The number of hydrogen-bond acceptors (Lipinski definition) is 3. The second-order valence-corrected chi connectivity index (χ2v) is 6.12. The predicted octanol–water partition coefficient (Wildman–Crippen LogP) is 3.97. The van der Waals surface area contributed by atoms with Gasteiger partial charge in [0.05, 0.1) is 6.21 Å². The molecule has 0 atom stereocenters. The van der Waals surface area contributed by atoms with Crippen molar-refractivity contribution in [3.63, 3.8) is 0 Å². The number of para-hydroxylation sites is 1. The number of rotatable bonds is 5. The standard InChI is InChI=1S/C19H18ClN3O2/c1-12-7-15(8-13(2)19(12)20)25-11-18(24)23-22-10-14-9-21-17-6-4-3-5-16(14)17/h3-10,21H,11H2,1-2H3,(H,23,24)/b22-10+. The van der Waals surface area contributed by atoms with Gasteiger partial charge in [0.25, 0.3) is 5.91 Å². The number of hydrazone groups is 1. The van der Waals surface area contributed by atoms with Gasteiger partial charge in [-0.15, -0.1) is 0 Å². The number of H-pyrrole nitrogens is 1. The van der Waals surface area contributed by atoms with Gasteiger partial charge in [-0.3, -0.25) is 4.79 Å². The van der Waals surface area contributed by atoms with Crippen LogP contribution in [-0.2, 0) is 4.79 Å². The van der Waals surface area contributed by atoms with Gasteiger partial charge < -0.3 is 9.72 Å². The van der Waals surface area contributed by atoms with Gasteiger partial charge in [0.2, 0.25) is 0 Å². The summed E-state index contributed by atoms with van der Waals surface area (Å²) in [7, 11) is 0. The minimum atomic E-state index is -0.332. The van der Waals surface area contributed by atoms with Crippen molar-refractivity contribution in [2.24, 2.45) is 5.10 Å².